The van der Waals surface area contributed by atoms with Crippen molar-refractivity contribution in [2.75, 3.05) is 25.2 Å². The number of benzene rings is 1. The van der Waals surface area contributed by atoms with E-state index in [4.69, 9.17) is 10.5 Å². The zero-order valence-corrected chi connectivity index (χ0v) is 12.1. The van der Waals surface area contributed by atoms with Crippen LogP contribution >= 0.6 is 15.9 Å². The first kappa shape index (κ1) is 14.5. The molecule has 1 aromatic carbocycles. The van der Waals surface area contributed by atoms with E-state index in [1.54, 1.807) is 25.3 Å². The van der Waals surface area contributed by atoms with Crippen molar-refractivity contribution in [3.8, 4) is 0 Å². The van der Waals surface area contributed by atoms with Gasteiger partial charge in [0.25, 0.3) is 0 Å². The molecule has 0 aromatic heterocycles. The number of unbranched alkanes of at least 4 members (excludes halogenated alkanes) is 1. The minimum atomic E-state index is -3.30. The van der Waals surface area contributed by atoms with Gasteiger partial charge in [-0.2, -0.15) is 0 Å². The van der Waals surface area contributed by atoms with Crippen LogP contribution in [-0.2, 0) is 14.6 Å². The van der Waals surface area contributed by atoms with Gasteiger partial charge in [0.15, 0.2) is 9.84 Å². The quantitative estimate of drug-likeness (QED) is 0.644. The predicted octanol–water partition coefficient (Wildman–Crippen LogP) is 2.23. The number of methoxy groups -OCH3 is 1. The summed E-state index contributed by atoms with van der Waals surface area (Å²) in [6.07, 6.45) is 1.30. The molecule has 0 bridgehead atoms. The number of anilines is 1. The monoisotopic (exact) mass is 321 g/mol. The van der Waals surface area contributed by atoms with E-state index in [0.29, 0.717) is 23.2 Å². The number of halogens is 1. The number of sulfone groups is 1. The number of nitrogens with two attached hydrogens (primary N) is 1. The second-order valence-electron chi connectivity index (χ2n) is 3.70. The first-order chi connectivity index (χ1) is 7.97. The van der Waals surface area contributed by atoms with Gasteiger partial charge in [0, 0.05) is 18.2 Å². The SMILES string of the molecule is COCCCCS(=O)(=O)c1cc(Br)ccc1N. The molecule has 0 unspecified atom stereocenters. The van der Waals surface area contributed by atoms with Crippen LogP contribution in [-0.4, -0.2) is 27.9 Å². The average molecular weight is 322 g/mol. The molecule has 1 aromatic rings. The molecule has 0 fully saturated rings. The maximum atomic E-state index is 12.0. The lowest BCUT2D eigenvalue weighted by atomic mass is 10.3. The van der Waals surface area contributed by atoms with E-state index in [0.717, 1.165) is 6.42 Å². The van der Waals surface area contributed by atoms with Gasteiger partial charge < -0.3 is 10.5 Å². The first-order valence-corrected chi connectivity index (χ1v) is 7.68. The van der Waals surface area contributed by atoms with Gasteiger partial charge in [0.05, 0.1) is 16.3 Å². The highest BCUT2D eigenvalue weighted by molar-refractivity contribution is 9.10. The minimum absolute atomic E-state index is 0.0943. The topological polar surface area (TPSA) is 69.4 Å². The third kappa shape index (κ3) is 4.29. The van der Waals surface area contributed by atoms with E-state index < -0.39 is 9.84 Å². The van der Waals surface area contributed by atoms with E-state index in [9.17, 15) is 8.42 Å². The lowest BCUT2D eigenvalue weighted by Crippen LogP contribution is -2.10. The van der Waals surface area contributed by atoms with Gasteiger partial charge >= 0.3 is 0 Å². The molecule has 4 nitrogen and oxygen atoms in total. The normalized spacial score (nSPS) is 11.6. The summed E-state index contributed by atoms with van der Waals surface area (Å²) in [5.41, 5.74) is 5.97. The van der Waals surface area contributed by atoms with Crippen molar-refractivity contribution in [1.82, 2.24) is 0 Å². The summed E-state index contributed by atoms with van der Waals surface area (Å²) in [4.78, 5) is 0.198. The maximum Gasteiger partial charge on any atom is 0.180 e. The van der Waals surface area contributed by atoms with E-state index >= 15 is 0 Å². The Bertz CT molecular complexity index is 474. The molecule has 0 atom stereocenters. The molecular formula is C11H16BrNO3S. The highest BCUT2D eigenvalue weighted by Gasteiger charge is 2.17. The molecule has 0 radical (unpaired) electrons. The molecule has 96 valence electrons. The van der Waals surface area contributed by atoms with Crippen molar-refractivity contribution in [1.29, 1.82) is 0 Å². The van der Waals surface area contributed by atoms with Gasteiger partial charge in [-0.1, -0.05) is 15.9 Å². The lowest BCUT2D eigenvalue weighted by molar-refractivity contribution is 0.194. The summed E-state index contributed by atoms with van der Waals surface area (Å²) in [5, 5.41) is 0. The van der Waals surface area contributed by atoms with Crippen molar-refractivity contribution >= 4 is 31.5 Å². The fraction of sp³-hybridized carbons (Fsp3) is 0.455. The fourth-order valence-corrected chi connectivity index (χ4v) is 3.48. The van der Waals surface area contributed by atoms with Gasteiger partial charge in [-0.05, 0) is 31.0 Å². The van der Waals surface area contributed by atoms with E-state index in [-0.39, 0.29) is 10.6 Å². The molecule has 0 amide bonds. The lowest BCUT2D eigenvalue weighted by Gasteiger charge is -2.07. The Hall–Kier alpha value is -0.590. The highest BCUT2D eigenvalue weighted by Crippen LogP contribution is 2.24. The number of nitrogen functional groups attached to an aromatic ring is 1. The Morgan fingerprint density at radius 3 is 2.71 bits per heavy atom. The zero-order valence-electron chi connectivity index (χ0n) is 9.65. The Kier molecular flexibility index (Phi) is 5.42. The number of ether oxygens (including phenoxy) is 1. The van der Waals surface area contributed by atoms with Crippen LogP contribution < -0.4 is 5.73 Å². The number of hydrogen-bond donors (Lipinski definition) is 1. The van der Waals surface area contributed by atoms with E-state index in [1.807, 2.05) is 0 Å². The third-order valence-corrected chi connectivity index (χ3v) is 4.67. The van der Waals surface area contributed by atoms with E-state index in [2.05, 4.69) is 15.9 Å². The molecule has 0 aliphatic heterocycles. The Morgan fingerprint density at radius 2 is 2.06 bits per heavy atom. The van der Waals surface area contributed by atoms with Gasteiger partial charge in [-0.15, -0.1) is 0 Å². The Labute approximate surface area is 110 Å². The zero-order chi connectivity index (χ0) is 12.9. The molecule has 0 aliphatic rings. The molecule has 17 heavy (non-hydrogen) atoms. The summed E-state index contributed by atoms with van der Waals surface area (Å²) in [6, 6.07) is 4.85. The van der Waals surface area contributed by atoms with Crippen molar-refractivity contribution in [2.45, 2.75) is 17.7 Å². The highest BCUT2D eigenvalue weighted by atomic mass is 79.9. The van der Waals surface area contributed by atoms with Gasteiger partial charge in [-0.3, -0.25) is 0 Å². The standard InChI is InChI=1S/C11H16BrNO3S/c1-16-6-2-3-7-17(14,15)11-8-9(12)4-5-10(11)13/h4-5,8H,2-3,6-7,13H2,1H3. The second-order valence-corrected chi connectivity index (χ2v) is 6.69. The van der Waals surface area contributed by atoms with Crippen LogP contribution in [0.4, 0.5) is 5.69 Å². The van der Waals surface area contributed by atoms with Crippen LogP contribution in [0.1, 0.15) is 12.8 Å². The predicted molar refractivity (Wildman–Crippen MR) is 71.7 cm³/mol. The Balaban J connectivity index is 2.79. The van der Waals surface area contributed by atoms with E-state index in [1.165, 1.54) is 0 Å². The molecular weight excluding hydrogens is 306 g/mol. The van der Waals surface area contributed by atoms with Crippen LogP contribution in [0.2, 0.25) is 0 Å². The van der Waals surface area contributed by atoms with Crippen molar-refractivity contribution in [3.05, 3.63) is 22.7 Å². The molecule has 0 spiro atoms. The fourth-order valence-electron chi connectivity index (χ4n) is 1.43. The van der Waals surface area contributed by atoms with Crippen molar-refractivity contribution in [3.63, 3.8) is 0 Å². The molecule has 0 heterocycles. The van der Waals surface area contributed by atoms with Crippen LogP contribution in [0.25, 0.3) is 0 Å². The summed E-state index contributed by atoms with van der Waals surface area (Å²) in [7, 11) is -1.71. The van der Waals surface area contributed by atoms with Gasteiger partial charge in [0.1, 0.15) is 0 Å². The second kappa shape index (κ2) is 6.37. The first-order valence-electron chi connectivity index (χ1n) is 5.24. The number of hydrogen-bond acceptors (Lipinski definition) is 4. The molecule has 0 aliphatic carbocycles. The smallest absolute Gasteiger partial charge is 0.180 e. The minimum Gasteiger partial charge on any atom is -0.398 e. The number of rotatable bonds is 6. The van der Waals surface area contributed by atoms with Gasteiger partial charge in [0.2, 0.25) is 0 Å². The van der Waals surface area contributed by atoms with Crippen molar-refractivity contribution < 1.29 is 13.2 Å². The summed E-state index contributed by atoms with van der Waals surface area (Å²) in [5.74, 6) is 0.0943. The van der Waals surface area contributed by atoms with Crippen LogP contribution in [0.3, 0.4) is 0 Å². The average Bonchev–Trinajstić information content (AvgIpc) is 2.28. The molecule has 0 saturated heterocycles. The molecule has 1 rings (SSSR count). The van der Waals surface area contributed by atoms with Crippen LogP contribution in [0.5, 0.6) is 0 Å². The molecule has 6 heteroatoms. The molecule has 2 N–H and O–H groups in total. The maximum absolute atomic E-state index is 12.0. The summed E-state index contributed by atoms with van der Waals surface area (Å²) < 4.78 is 29.6. The Morgan fingerprint density at radius 1 is 1.35 bits per heavy atom. The molecule has 0 saturated carbocycles. The summed E-state index contributed by atoms with van der Waals surface area (Å²) in [6.45, 7) is 0.573. The van der Waals surface area contributed by atoms with Gasteiger partial charge in [-0.25, -0.2) is 8.42 Å². The van der Waals surface area contributed by atoms with Crippen molar-refractivity contribution in [2.24, 2.45) is 0 Å². The summed E-state index contributed by atoms with van der Waals surface area (Å²) >= 11 is 3.24. The van der Waals surface area contributed by atoms with Crippen LogP contribution in [0.15, 0.2) is 27.6 Å². The third-order valence-electron chi connectivity index (χ3n) is 2.32. The van der Waals surface area contributed by atoms with Crippen LogP contribution in [0, 0.1) is 0 Å². The largest absolute Gasteiger partial charge is 0.398 e.